The van der Waals surface area contributed by atoms with Crippen LogP contribution in [0, 0.1) is 10.8 Å². The Morgan fingerprint density at radius 2 is 1.88 bits per heavy atom. The van der Waals surface area contributed by atoms with Crippen LogP contribution in [0.5, 0.6) is 0 Å². The van der Waals surface area contributed by atoms with E-state index in [4.69, 9.17) is 0 Å². The predicted octanol–water partition coefficient (Wildman–Crippen LogP) is 3.10. The number of hydrogen-bond acceptors (Lipinski definition) is 3. The highest BCUT2D eigenvalue weighted by atomic mass is 16.4. The molecule has 4 rings (SSSR count). The van der Waals surface area contributed by atoms with Crippen molar-refractivity contribution in [2.45, 2.75) is 51.0 Å². The van der Waals surface area contributed by atoms with Crippen LogP contribution in [-0.4, -0.2) is 48.2 Å². The van der Waals surface area contributed by atoms with Crippen LogP contribution in [0.15, 0.2) is 30.3 Å². The van der Waals surface area contributed by atoms with E-state index in [0.29, 0.717) is 17.4 Å². The summed E-state index contributed by atoms with van der Waals surface area (Å²) in [5.74, 6) is 0.0684. The van der Waals surface area contributed by atoms with Gasteiger partial charge in [0.25, 0.3) is 0 Å². The minimum absolute atomic E-state index is 0.445. The Kier molecular flexibility index (Phi) is 4.37. The van der Waals surface area contributed by atoms with Gasteiger partial charge in [0.05, 0.1) is 5.41 Å². The first-order chi connectivity index (χ1) is 12.0. The molecule has 1 aromatic carbocycles. The van der Waals surface area contributed by atoms with Crippen molar-refractivity contribution >= 4 is 5.97 Å². The molecule has 2 saturated carbocycles. The zero-order chi connectivity index (χ0) is 17.5. The number of hydrogen-bond donors (Lipinski definition) is 2. The summed E-state index contributed by atoms with van der Waals surface area (Å²) in [7, 11) is 0. The summed E-state index contributed by atoms with van der Waals surface area (Å²) < 4.78 is 0. The Morgan fingerprint density at radius 3 is 2.48 bits per heavy atom. The van der Waals surface area contributed by atoms with Gasteiger partial charge >= 0.3 is 5.97 Å². The summed E-state index contributed by atoms with van der Waals surface area (Å²) in [4.78, 5) is 13.9. The van der Waals surface area contributed by atoms with E-state index in [-0.39, 0.29) is 0 Å². The van der Waals surface area contributed by atoms with Crippen molar-refractivity contribution < 1.29 is 9.90 Å². The molecule has 1 aromatic rings. The third kappa shape index (κ3) is 3.75. The number of carboxylic acids is 1. The summed E-state index contributed by atoms with van der Waals surface area (Å²) in [5, 5.41) is 13.2. The van der Waals surface area contributed by atoms with Crippen molar-refractivity contribution in [2.24, 2.45) is 10.8 Å². The largest absolute Gasteiger partial charge is 0.481 e. The van der Waals surface area contributed by atoms with Gasteiger partial charge < -0.3 is 15.3 Å². The van der Waals surface area contributed by atoms with Crippen molar-refractivity contribution in [1.82, 2.24) is 10.2 Å². The Balaban J connectivity index is 1.23. The number of nitrogens with one attached hydrogen (secondary N) is 1. The zero-order valence-corrected chi connectivity index (χ0v) is 15.2. The number of likely N-dealkylation sites (tertiary alicyclic amines) is 1. The van der Waals surface area contributed by atoms with Crippen LogP contribution in [-0.2, 0) is 4.79 Å². The standard InChI is InChI=1S/C21H30N2O2/c1-20(19(24)25)9-11-23(12-10-20)15-21(7-8-21)14-22-18-13-17(18)16-5-3-2-4-6-16/h2-6,17-18,22H,7-15H2,1H3,(H,24,25)/t17?,18-/m0/s1. The van der Waals surface area contributed by atoms with E-state index >= 15 is 0 Å². The highest BCUT2D eigenvalue weighted by Crippen LogP contribution is 2.48. The molecule has 136 valence electrons. The average Bonchev–Trinajstić information content (AvgIpc) is 3.52. The SMILES string of the molecule is CC1(C(=O)O)CCN(CC2(CN[C@H]3CC3c3ccccc3)CC2)CC1. The van der Waals surface area contributed by atoms with Crippen LogP contribution in [0.3, 0.4) is 0 Å². The average molecular weight is 342 g/mol. The number of carboxylic acid groups (broad SMARTS) is 1. The summed E-state index contributed by atoms with van der Waals surface area (Å²) in [6, 6.07) is 11.5. The Bertz CT molecular complexity index is 618. The molecule has 1 aliphatic heterocycles. The Hall–Kier alpha value is -1.39. The number of benzene rings is 1. The van der Waals surface area contributed by atoms with E-state index in [1.807, 2.05) is 6.92 Å². The summed E-state index contributed by atoms with van der Waals surface area (Å²) in [6.45, 7) is 6.02. The molecule has 0 spiro atoms. The van der Waals surface area contributed by atoms with Gasteiger partial charge in [-0.3, -0.25) is 4.79 Å². The topological polar surface area (TPSA) is 52.6 Å². The maximum Gasteiger partial charge on any atom is 0.309 e. The van der Waals surface area contributed by atoms with Gasteiger partial charge in [-0.15, -0.1) is 0 Å². The van der Waals surface area contributed by atoms with Crippen molar-refractivity contribution in [1.29, 1.82) is 0 Å². The third-order valence-corrected chi connectivity index (χ3v) is 6.75. The fraction of sp³-hybridized carbons (Fsp3) is 0.667. The molecule has 1 heterocycles. The van der Waals surface area contributed by atoms with Gasteiger partial charge in [-0.25, -0.2) is 0 Å². The number of rotatable bonds is 7. The first-order valence-electron chi connectivity index (χ1n) is 9.74. The molecule has 25 heavy (non-hydrogen) atoms. The molecular weight excluding hydrogens is 312 g/mol. The lowest BCUT2D eigenvalue weighted by atomic mass is 9.80. The second-order valence-corrected chi connectivity index (χ2v) is 8.88. The first-order valence-corrected chi connectivity index (χ1v) is 9.74. The normalized spacial score (nSPS) is 30.0. The second kappa shape index (κ2) is 6.40. The van der Waals surface area contributed by atoms with Gasteiger partial charge in [0.1, 0.15) is 0 Å². The van der Waals surface area contributed by atoms with Gasteiger partial charge in [-0.1, -0.05) is 30.3 Å². The maximum atomic E-state index is 11.4. The summed E-state index contributed by atoms with van der Waals surface area (Å²) in [5.41, 5.74) is 1.40. The van der Waals surface area contributed by atoms with Gasteiger partial charge in [0.15, 0.2) is 0 Å². The summed E-state index contributed by atoms with van der Waals surface area (Å²) in [6.07, 6.45) is 5.46. The molecule has 2 atom stereocenters. The highest BCUT2D eigenvalue weighted by Gasteiger charge is 2.47. The molecule has 0 bridgehead atoms. The first kappa shape index (κ1) is 17.0. The lowest BCUT2D eigenvalue weighted by molar-refractivity contribution is -0.150. The van der Waals surface area contributed by atoms with Gasteiger partial charge in [0.2, 0.25) is 0 Å². The molecule has 1 unspecified atom stereocenters. The molecule has 0 radical (unpaired) electrons. The van der Waals surface area contributed by atoms with E-state index in [2.05, 4.69) is 40.5 Å². The molecule has 3 fully saturated rings. The Labute approximate surface area is 150 Å². The van der Waals surface area contributed by atoms with Crippen LogP contribution in [0.4, 0.5) is 0 Å². The van der Waals surface area contributed by atoms with Crippen molar-refractivity contribution in [3.63, 3.8) is 0 Å². The predicted molar refractivity (Wildman–Crippen MR) is 98.7 cm³/mol. The monoisotopic (exact) mass is 342 g/mol. The van der Waals surface area contributed by atoms with E-state index in [0.717, 1.165) is 39.0 Å². The van der Waals surface area contributed by atoms with Gasteiger partial charge in [0, 0.05) is 25.0 Å². The second-order valence-electron chi connectivity index (χ2n) is 8.88. The molecule has 0 amide bonds. The van der Waals surface area contributed by atoms with Gasteiger partial charge in [-0.05, 0) is 63.1 Å². The lowest BCUT2D eigenvalue weighted by Crippen LogP contribution is -2.46. The molecular formula is C21H30N2O2. The molecule has 2 N–H and O–H groups in total. The van der Waals surface area contributed by atoms with Gasteiger partial charge in [-0.2, -0.15) is 0 Å². The van der Waals surface area contributed by atoms with Crippen molar-refractivity contribution in [3.8, 4) is 0 Å². The zero-order valence-electron chi connectivity index (χ0n) is 15.2. The number of nitrogens with zero attached hydrogens (tertiary/aromatic N) is 1. The van der Waals surface area contributed by atoms with Crippen LogP contribution >= 0.6 is 0 Å². The van der Waals surface area contributed by atoms with Crippen LogP contribution in [0.2, 0.25) is 0 Å². The maximum absolute atomic E-state index is 11.4. The van der Waals surface area contributed by atoms with E-state index < -0.39 is 11.4 Å². The third-order valence-electron chi connectivity index (χ3n) is 6.75. The molecule has 1 saturated heterocycles. The summed E-state index contributed by atoms with van der Waals surface area (Å²) >= 11 is 0. The minimum Gasteiger partial charge on any atom is -0.481 e. The molecule has 3 aliphatic rings. The number of aliphatic carboxylic acids is 1. The van der Waals surface area contributed by atoms with Crippen LogP contribution in [0.25, 0.3) is 0 Å². The number of carbonyl (C=O) groups is 1. The van der Waals surface area contributed by atoms with E-state index in [1.54, 1.807) is 0 Å². The van der Waals surface area contributed by atoms with E-state index in [9.17, 15) is 9.90 Å². The fourth-order valence-electron chi connectivity index (χ4n) is 4.30. The molecule has 4 nitrogen and oxygen atoms in total. The molecule has 0 aromatic heterocycles. The fourth-order valence-corrected chi connectivity index (χ4v) is 4.30. The van der Waals surface area contributed by atoms with Crippen molar-refractivity contribution in [2.75, 3.05) is 26.2 Å². The lowest BCUT2D eigenvalue weighted by Gasteiger charge is -2.38. The molecule has 4 heteroatoms. The van der Waals surface area contributed by atoms with Crippen LogP contribution < -0.4 is 5.32 Å². The molecule has 2 aliphatic carbocycles. The Morgan fingerprint density at radius 1 is 1.20 bits per heavy atom. The minimum atomic E-state index is -0.629. The number of piperidine rings is 1. The van der Waals surface area contributed by atoms with E-state index in [1.165, 1.54) is 24.8 Å². The quantitative estimate of drug-likeness (QED) is 0.799. The van der Waals surface area contributed by atoms with Crippen molar-refractivity contribution in [3.05, 3.63) is 35.9 Å². The smallest absolute Gasteiger partial charge is 0.309 e. The van der Waals surface area contributed by atoms with Crippen LogP contribution in [0.1, 0.15) is 50.5 Å². The highest BCUT2D eigenvalue weighted by molar-refractivity contribution is 5.74.